The highest BCUT2D eigenvalue weighted by molar-refractivity contribution is 6.00. The van der Waals surface area contributed by atoms with Crippen LogP contribution in [-0.4, -0.2) is 18.4 Å². The van der Waals surface area contributed by atoms with E-state index in [1.807, 2.05) is 32.9 Å². The van der Waals surface area contributed by atoms with Crippen molar-refractivity contribution < 1.29 is 14.0 Å². The predicted octanol–water partition coefficient (Wildman–Crippen LogP) is 3.12. The van der Waals surface area contributed by atoms with Crippen LogP contribution in [0.5, 0.6) is 0 Å². The minimum Gasteiger partial charge on any atom is -0.343 e. The van der Waals surface area contributed by atoms with Crippen LogP contribution in [-0.2, 0) is 4.79 Å². The highest BCUT2D eigenvalue weighted by Gasteiger charge is 2.13. The van der Waals surface area contributed by atoms with Gasteiger partial charge in [0, 0.05) is 5.69 Å². The van der Waals surface area contributed by atoms with Gasteiger partial charge in [-0.1, -0.05) is 29.8 Å². The van der Waals surface area contributed by atoms with E-state index in [2.05, 4.69) is 10.6 Å². The first kappa shape index (κ1) is 16.7. The maximum Gasteiger partial charge on any atom is 0.254 e. The van der Waals surface area contributed by atoms with Gasteiger partial charge in [0.1, 0.15) is 5.82 Å². The van der Waals surface area contributed by atoms with Crippen LogP contribution in [0.25, 0.3) is 0 Å². The number of anilines is 1. The summed E-state index contributed by atoms with van der Waals surface area (Å²) in [5.41, 5.74) is 3.68. The van der Waals surface area contributed by atoms with Gasteiger partial charge in [-0.3, -0.25) is 9.59 Å². The number of aryl methyl sites for hydroxylation is 3. The zero-order valence-corrected chi connectivity index (χ0v) is 13.4. The smallest absolute Gasteiger partial charge is 0.254 e. The molecule has 0 saturated heterocycles. The fraction of sp³-hybridized carbons (Fsp3) is 0.222. The molecule has 0 radical (unpaired) electrons. The van der Waals surface area contributed by atoms with Crippen molar-refractivity contribution in [2.24, 2.45) is 0 Å². The van der Waals surface area contributed by atoms with Gasteiger partial charge in [-0.2, -0.15) is 0 Å². The predicted molar refractivity (Wildman–Crippen MR) is 88.0 cm³/mol. The van der Waals surface area contributed by atoms with Crippen LogP contribution in [0.3, 0.4) is 0 Å². The summed E-state index contributed by atoms with van der Waals surface area (Å²) in [6, 6.07) is 9.59. The number of nitrogens with one attached hydrogen (secondary N) is 2. The lowest BCUT2D eigenvalue weighted by molar-refractivity contribution is -0.115. The Kier molecular flexibility index (Phi) is 5.11. The lowest BCUT2D eigenvalue weighted by atomic mass is 10.1. The number of rotatable bonds is 4. The number of halogens is 1. The molecule has 0 aliphatic rings. The Labute approximate surface area is 134 Å². The molecule has 2 N–H and O–H groups in total. The molecule has 2 rings (SSSR count). The SMILES string of the molecule is Cc1cc(C)c(NC(=O)CNC(=O)c2ccccc2F)c(C)c1. The first-order valence-corrected chi connectivity index (χ1v) is 7.29. The second-order valence-corrected chi connectivity index (χ2v) is 5.48. The van der Waals surface area contributed by atoms with Gasteiger partial charge in [0.2, 0.25) is 5.91 Å². The summed E-state index contributed by atoms with van der Waals surface area (Å²) in [6.07, 6.45) is 0. The van der Waals surface area contributed by atoms with Crippen molar-refractivity contribution in [3.05, 3.63) is 64.5 Å². The van der Waals surface area contributed by atoms with Gasteiger partial charge >= 0.3 is 0 Å². The second-order valence-electron chi connectivity index (χ2n) is 5.48. The van der Waals surface area contributed by atoms with Gasteiger partial charge in [-0.05, 0) is 44.0 Å². The van der Waals surface area contributed by atoms with Crippen LogP contribution < -0.4 is 10.6 Å². The van der Waals surface area contributed by atoms with E-state index < -0.39 is 11.7 Å². The average molecular weight is 314 g/mol. The van der Waals surface area contributed by atoms with Gasteiger partial charge in [0.05, 0.1) is 12.1 Å². The lowest BCUT2D eigenvalue weighted by Gasteiger charge is -2.13. The Hall–Kier alpha value is -2.69. The largest absolute Gasteiger partial charge is 0.343 e. The molecule has 0 bridgehead atoms. The molecule has 2 aromatic rings. The van der Waals surface area contributed by atoms with Crippen LogP contribution >= 0.6 is 0 Å². The molecule has 0 saturated carbocycles. The molecule has 0 heterocycles. The zero-order valence-electron chi connectivity index (χ0n) is 13.4. The minimum absolute atomic E-state index is 0.0806. The van der Waals surface area contributed by atoms with E-state index in [4.69, 9.17) is 0 Å². The third-order valence-corrected chi connectivity index (χ3v) is 3.47. The van der Waals surface area contributed by atoms with Gasteiger partial charge in [0.25, 0.3) is 5.91 Å². The molecule has 2 amide bonds. The van der Waals surface area contributed by atoms with E-state index in [0.29, 0.717) is 0 Å². The summed E-state index contributed by atoms with van der Waals surface area (Å²) in [7, 11) is 0. The highest BCUT2D eigenvalue weighted by Crippen LogP contribution is 2.21. The van der Waals surface area contributed by atoms with Crippen molar-refractivity contribution in [2.45, 2.75) is 20.8 Å². The molecular formula is C18H19FN2O2. The Morgan fingerprint density at radius 2 is 1.65 bits per heavy atom. The number of amides is 2. The van der Waals surface area contributed by atoms with Gasteiger partial charge < -0.3 is 10.6 Å². The van der Waals surface area contributed by atoms with Gasteiger partial charge in [-0.25, -0.2) is 4.39 Å². The summed E-state index contributed by atoms with van der Waals surface area (Å²) in [4.78, 5) is 23.9. The topological polar surface area (TPSA) is 58.2 Å². The molecule has 2 aromatic carbocycles. The molecule has 23 heavy (non-hydrogen) atoms. The van der Waals surface area contributed by atoms with E-state index >= 15 is 0 Å². The van der Waals surface area contributed by atoms with Crippen LogP contribution in [0, 0.1) is 26.6 Å². The van der Waals surface area contributed by atoms with Crippen molar-refractivity contribution in [1.29, 1.82) is 0 Å². The minimum atomic E-state index is -0.615. The zero-order chi connectivity index (χ0) is 17.0. The Morgan fingerprint density at radius 1 is 1.04 bits per heavy atom. The second kappa shape index (κ2) is 7.05. The fourth-order valence-electron chi connectivity index (χ4n) is 2.46. The number of carbonyl (C=O) groups is 2. The summed E-state index contributed by atoms with van der Waals surface area (Å²) in [5, 5.41) is 5.20. The Bertz CT molecular complexity index is 733. The number of carbonyl (C=O) groups excluding carboxylic acids is 2. The third kappa shape index (κ3) is 4.16. The third-order valence-electron chi connectivity index (χ3n) is 3.47. The van der Waals surface area contributed by atoms with Crippen molar-refractivity contribution >= 4 is 17.5 Å². The van der Waals surface area contributed by atoms with E-state index in [9.17, 15) is 14.0 Å². The van der Waals surface area contributed by atoms with E-state index in [1.54, 1.807) is 6.07 Å². The van der Waals surface area contributed by atoms with E-state index in [1.165, 1.54) is 18.2 Å². The van der Waals surface area contributed by atoms with Crippen LogP contribution in [0.2, 0.25) is 0 Å². The normalized spacial score (nSPS) is 10.3. The quantitative estimate of drug-likeness (QED) is 0.911. The van der Waals surface area contributed by atoms with Crippen LogP contribution in [0.4, 0.5) is 10.1 Å². The molecule has 0 aliphatic heterocycles. The maximum atomic E-state index is 13.5. The Morgan fingerprint density at radius 3 is 2.26 bits per heavy atom. The highest BCUT2D eigenvalue weighted by atomic mass is 19.1. The van der Waals surface area contributed by atoms with Gasteiger partial charge in [-0.15, -0.1) is 0 Å². The lowest BCUT2D eigenvalue weighted by Crippen LogP contribution is -2.33. The van der Waals surface area contributed by atoms with Crippen molar-refractivity contribution in [2.75, 3.05) is 11.9 Å². The molecule has 4 nitrogen and oxygen atoms in total. The van der Waals surface area contributed by atoms with Gasteiger partial charge in [0.15, 0.2) is 0 Å². The average Bonchev–Trinajstić information content (AvgIpc) is 2.49. The summed E-state index contributed by atoms with van der Waals surface area (Å²) < 4.78 is 13.5. The molecule has 120 valence electrons. The monoisotopic (exact) mass is 314 g/mol. The molecule has 0 aromatic heterocycles. The maximum absolute atomic E-state index is 13.5. The summed E-state index contributed by atoms with van der Waals surface area (Å²) in [6.45, 7) is 5.58. The molecule has 0 unspecified atom stereocenters. The standard InChI is InChI=1S/C18H19FN2O2/c1-11-8-12(2)17(13(3)9-11)21-16(22)10-20-18(23)14-6-4-5-7-15(14)19/h4-9H,10H2,1-3H3,(H,20,23)(H,21,22). The van der Waals surface area contributed by atoms with Crippen molar-refractivity contribution in [3.8, 4) is 0 Å². The number of benzene rings is 2. The number of hydrogen-bond acceptors (Lipinski definition) is 2. The molecule has 0 spiro atoms. The summed E-state index contributed by atoms with van der Waals surface area (Å²) in [5.74, 6) is -1.59. The van der Waals surface area contributed by atoms with Crippen molar-refractivity contribution in [1.82, 2.24) is 5.32 Å². The molecular weight excluding hydrogens is 295 g/mol. The summed E-state index contributed by atoms with van der Waals surface area (Å²) >= 11 is 0. The number of hydrogen-bond donors (Lipinski definition) is 2. The van der Waals surface area contributed by atoms with E-state index in [-0.39, 0.29) is 18.0 Å². The molecule has 0 aliphatic carbocycles. The molecule has 5 heteroatoms. The van der Waals surface area contributed by atoms with Crippen LogP contribution in [0.15, 0.2) is 36.4 Å². The first-order chi connectivity index (χ1) is 10.9. The fourth-order valence-corrected chi connectivity index (χ4v) is 2.46. The molecule has 0 fully saturated rings. The molecule has 0 atom stereocenters. The first-order valence-electron chi connectivity index (χ1n) is 7.29. The van der Waals surface area contributed by atoms with Crippen molar-refractivity contribution in [3.63, 3.8) is 0 Å². The van der Waals surface area contributed by atoms with Crippen LogP contribution in [0.1, 0.15) is 27.0 Å². The Balaban J connectivity index is 1.99. The van der Waals surface area contributed by atoms with E-state index in [0.717, 1.165) is 22.4 Å².